The second kappa shape index (κ2) is 7.47. The standard InChI is InChI=1S/C18H18ClN3O3S/c1-3-10-25-14-6-4-13(5-7-14)17-18(19)21-12-22(17)16-9-8-15(11-20-16)26(2,23)24/h4-9,11-12H,3,10H2,1-2H3. The zero-order valence-electron chi connectivity index (χ0n) is 14.4. The van der Waals surface area contributed by atoms with Crippen molar-refractivity contribution in [3.63, 3.8) is 0 Å². The van der Waals surface area contributed by atoms with Crippen molar-refractivity contribution in [1.82, 2.24) is 14.5 Å². The molecule has 0 spiro atoms. The lowest BCUT2D eigenvalue weighted by Gasteiger charge is -2.10. The summed E-state index contributed by atoms with van der Waals surface area (Å²) in [7, 11) is -3.30. The van der Waals surface area contributed by atoms with Crippen LogP contribution < -0.4 is 4.74 Å². The molecule has 0 saturated carbocycles. The Hall–Kier alpha value is -2.38. The predicted molar refractivity (Wildman–Crippen MR) is 101 cm³/mol. The molecule has 0 aliphatic carbocycles. The van der Waals surface area contributed by atoms with Crippen LogP contribution in [0.25, 0.3) is 17.1 Å². The van der Waals surface area contributed by atoms with E-state index in [2.05, 4.69) is 16.9 Å². The average molecular weight is 392 g/mol. The van der Waals surface area contributed by atoms with Crippen LogP contribution in [0.2, 0.25) is 5.15 Å². The van der Waals surface area contributed by atoms with Crippen molar-refractivity contribution in [2.45, 2.75) is 18.2 Å². The molecule has 0 saturated heterocycles. The number of hydrogen-bond acceptors (Lipinski definition) is 5. The topological polar surface area (TPSA) is 74.1 Å². The molecule has 0 aliphatic heterocycles. The molecule has 0 bridgehead atoms. The molecule has 3 rings (SSSR count). The number of ether oxygens (including phenoxy) is 1. The maximum Gasteiger partial charge on any atom is 0.177 e. The first kappa shape index (κ1) is 18.4. The largest absolute Gasteiger partial charge is 0.494 e. The van der Waals surface area contributed by atoms with Gasteiger partial charge in [-0.05, 0) is 42.8 Å². The SMILES string of the molecule is CCCOc1ccc(-c2c(Cl)ncn2-c2ccc(S(C)(=O)=O)cn2)cc1. The summed E-state index contributed by atoms with van der Waals surface area (Å²) in [5.41, 5.74) is 1.53. The molecule has 0 amide bonds. The monoisotopic (exact) mass is 391 g/mol. The number of benzene rings is 1. The van der Waals surface area contributed by atoms with E-state index in [1.54, 1.807) is 17.0 Å². The van der Waals surface area contributed by atoms with Crippen LogP contribution >= 0.6 is 11.6 Å². The smallest absolute Gasteiger partial charge is 0.177 e. The van der Waals surface area contributed by atoms with Crippen molar-refractivity contribution < 1.29 is 13.2 Å². The summed E-state index contributed by atoms with van der Waals surface area (Å²) < 4.78 is 30.5. The number of nitrogens with zero attached hydrogens (tertiary/aromatic N) is 3. The Labute approximate surface area is 157 Å². The summed E-state index contributed by atoms with van der Waals surface area (Å²) in [6, 6.07) is 10.7. The van der Waals surface area contributed by atoms with Crippen LogP contribution in [-0.4, -0.2) is 35.8 Å². The number of imidazole rings is 1. The quantitative estimate of drug-likeness (QED) is 0.639. The summed E-state index contributed by atoms with van der Waals surface area (Å²) >= 11 is 6.27. The Morgan fingerprint density at radius 1 is 1.12 bits per heavy atom. The van der Waals surface area contributed by atoms with Crippen molar-refractivity contribution in [2.24, 2.45) is 0 Å². The van der Waals surface area contributed by atoms with E-state index in [1.807, 2.05) is 24.3 Å². The third kappa shape index (κ3) is 3.89. The van der Waals surface area contributed by atoms with Gasteiger partial charge < -0.3 is 4.74 Å². The van der Waals surface area contributed by atoms with E-state index in [0.717, 1.165) is 24.0 Å². The van der Waals surface area contributed by atoms with Gasteiger partial charge in [-0.15, -0.1) is 0 Å². The van der Waals surface area contributed by atoms with Crippen molar-refractivity contribution in [2.75, 3.05) is 12.9 Å². The number of halogens is 1. The van der Waals surface area contributed by atoms with Gasteiger partial charge in [0.2, 0.25) is 0 Å². The molecule has 26 heavy (non-hydrogen) atoms. The van der Waals surface area contributed by atoms with Crippen LogP contribution in [0.1, 0.15) is 13.3 Å². The molecule has 136 valence electrons. The van der Waals surface area contributed by atoms with Gasteiger partial charge in [0.1, 0.15) is 17.9 Å². The molecule has 8 heteroatoms. The summed E-state index contributed by atoms with van der Waals surface area (Å²) in [6.07, 6.45) is 4.96. The highest BCUT2D eigenvalue weighted by Crippen LogP contribution is 2.30. The van der Waals surface area contributed by atoms with E-state index in [4.69, 9.17) is 16.3 Å². The minimum absolute atomic E-state index is 0.159. The number of hydrogen-bond donors (Lipinski definition) is 0. The third-order valence-corrected chi connectivity index (χ3v) is 5.09. The molecule has 0 atom stereocenters. The van der Waals surface area contributed by atoms with Crippen molar-refractivity contribution >= 4 is 21.4 Å². The van der Waals surface area contributed by atoms with Gasteiger partial charge >= 0.3 is 0 Å². The normalized spacial score (nSPS) is 11.5. The molecule has 3 aromatic rings. The third-order valence-electron chi connectivity index (χ3n) is 3.72. The number of aromatic nitrogens is 3. The van der Waals surface area contributed by atoms with Crippen molar-refractivity contribution in [1.29, 1.82) is 0 Å². The number of pyridine rings is 1. The minimum Gasteiger partial charge on any atom is -0.494 e. The molecule has 0 radical (unpaired) electrons. The van der Waals surface area contributed by atoms with E-state index in [9.17, 15) is 8.42 Å². The number of sulfone groups is 1. The Bertz CT molecular complexity index is 997. The minimum atomic E-state index is -3.30. The Morgan fingerprint density at radius 3 is 2.42 bits per heavy atom. The molecule has 2 aromatic heterocycles. The highest BCUT2D eigenvalue weighted by molar-refractivity contribution is 7.90. The fourth-order valence-corrected chi connectivity index (χ4v) is 3.23. The Morgan fingerprint density at radius 2 is 1.85 bits per heavy atom. The molecular weight excluding hydrogens is 374 g/mol. The maximum absolute atomic E-state index is 11.6. The fourth-order valence-electron chi connectivity index (χ4n) is 2.42. The fraction of sp³-hybridized carbons (Fsp3) is 0.222. The van der Waals surface area contributed by atoms with Crippen LogP contribution in [0.5, 0.6) is 5.75 Å². The lowest BCUT2D eigenvalue weighted by atomic mass is 10.1. The van der Waals surface area contributed by atoms with E-state index in [1.165, 1.54) is 12.3 Å². The molecule has 2 heterocycles. The van der Waals surface area contributed by atoms with Gasteiger partial charge in [0.05, 0.1) is 17.2 Å². The molecule has 1 aromatic carbocycles. The molecule has 0 N–H and O–H groups in total. The second-order valence-electron chi connectivity index (χ2n) is 5.75. The van der Waals surface area contributed by atoms with Crippen LogP contribution in [0.4, 0.5) is 0 Å². The summed E-state index contributed by atoms with van der Waals surface area (Å²) in [6.45, 7) is 2.71. The first-order valence-electron chi connectivity index (χ1n) is 8.02. The van der Waals surface area contributed by atoms with Gasteiger partial charge in [0.15, 0.2) is 15.0 Å². The first-order valence-corrected chi connectivity index (χ1v) is 10.3. The van der Waals surface area contributed by atoms with E-state index in [0.29, 0.717) is 23.3 Å². The van der Waals surface area contributed by atoms with Crippen LogP contribution in [0, 0.1) is 0 Å². The van der Waals surface area contributed by atoms with Gasteiger partial charge in [-0.3, -0.25) is 4.57 Å². The van der Waals surface area contributed by atoms with Crippen LogP contribution in [-0.2, 0) is 9.84 Å². The summed E-state index contributed by atoms with van der Waals surface area (Å²) in [4.78, 5) is 8.54. The van der Waals surface area contributed by atoms with Gasteiger partial charge in [-0.25, -0.2) is 18.4 Å². The maximum atomic E-state index is 11.6. The Kier molecular flexibility index (Phi) is 5.29. The predicted octanol–water partition coefficient (Wildman–Crippen LogP) is 3.78. The summed E-state index contributed by atoms with van der Waals surface area (Å²) in [5.74, 6) is 1.31. The number of rotatable bonds is 6. The Balaban J connectivity index is 1.97. The molecule has 0 aliphatic rings. The van der Waals surface area contributed by atoms with E-state index < -0.39 is 9.84 Å². The highest BCUT2D eigenvalue weighted by Gasteiger charge is 2.15. The molecular formula is C18H18ClN3O3S. The zero-order valence-corrected chi connectivity index (χ0v) is 16.0. The van der Waals surface area contributed by atoms with Gasteiger partial charge in [0.25, 0.3) is 0 Å². The van der Waals surface area contributed by atoms with Gasteiger partial charge in [-0.1, -0.05) is 18.5 Å². The first-order chi connectivity index (χ1) is 12.4. The summed E-state index contributed by atoms with van der Waals surface area (Å²) in [5, 5.41) is 0.334. The van der Waals surface area contributed by atoms with Crippen molar-refractivity contribution in [3.05, 3.63) is 54.1 Å². The van der Waals surface area contributed by atoms with Crippen molar-refractivity contribution in [3.8, 4) is 22.8 Å². The average Bonchev–Trinajstić information content (AvgIpc) is 3.01. The van der Waals surface area contributed by atoms with Gasteiger partial charge in [0, 0.05) is 18.0 Å². The second-order valence-corrected chi connectivity index (χ2v) is 8.12. The zero-order chi connectivity index (χ0) is 18.7. The van der Waals surface area contributed by atoms with Crippen LogP contribution in [0.3, 0.4) is 0 Å². The van der Waals surface area contributed by atoms with E-state index >= 15 is 0 Å². The van der Waals surface area contributed by atoms with Crippen LogP contribution in [0.15, 0.2) is 53.8 Å². The van der Waals surface area contributed by atoms with Gasteiger partial charge in [-0.2, -0.15) is 0 Å². The van der Waals surface area contributed by atoms with E-state index in [-0.39, 0.29) is 4.90 Å². The molecule has 0 fully saturated rings. The molecule has 6 nitrogen and oxygen atoms in total. The lowest BCUT2D eigenvalue weighted by molar-refractivity contribution is 0.317. The molecule has 0 unspecified atom stereocenters. The highest BCUT2D eigenvalue weighted by atomic mass is 35.5. The lowest BCUT2D eigenvalue weighted by Crippen LogP contribution is -2.02.